The molecule has 7 heteroatoms. The van der Waals surface area contributed by atoms with Crippen molar-refractivity contribution in [2.45, 2.75) is 13.5 Å². The van der Waals surface area contributed by atoms with Crippen LogP contribution >= 0.6 is 27.5 Å². The van der Waals surface area contributed by atoms with Crippen molar-refractivity contribution in [3.05, 3.63) is 63.8 Å². The second kappa shape index (κ2) is 8.56. The number of aromatic nitrogens is 2. The summed E-state index contributed by atoms with van der Waals surface area (Å²) in [4.78, 5) is 0. The Kier molecular flexibility index (Phi) is 6.16. The van der Waals surface area contributed by atoms with Crippen molar-refractivity contribution in [2.75, 3.05) is 13.2 Å². The molecule has 0 N–H and O–H groups in total. The van der Waals surface area contributed by atoms with Gasteiger partial charge in [-0.25, -0.2) is 4.68 Å². The Bertz CT molecular complexity index is 887. The topological polar surface area (TPSA) is 36.3 Å². The van der Waals surface area contributed by atoms with Gasteiger partial charge in [-0.1, -0.05) is 57.9 Å². The molecule has 3 aromatic rings. The van der Waals surface area contributed by atoms with Crippen molar-refractivity contribution in [1.29, 1.82) is 0 Å². The molecular weight excluding hydrogens is 423 g/mol. The summed E-state index contributed by atoms with van der Waals surface area (Å²) in [5.74, 6) is 0.195. The fourth-order valence-electron chi connectivity index (χ4n) is 2.47. The highest BCUT2D eigenvalue weighted by atomic mass is 79.9. The van der Waals surface area contributed by atoms with Gasteiger partial charge in [-0.05, 0) is 25.1 Å². The first-order valence-electron chi connectivity index (χ1n) is 8.12. The van der Waals surface area contributed by atoms with Crippen molar-refractivity contribution >= 4 is 27.5 Å². The molecule has 4 nitrogen and oxygen atoms in total. The average Bonchev–Trinajstić information content (AvgIpc) is 2.94. The third-order valence-corrected chi connectivity index (χ3v) is 4.42. The predicted octanol–water partition coefficient (Wildman–Crippen LogP) is 5.58. The molecule has 0 fully saturated rings. The summed E-state index contributed by atoms with van der Waals surface area (Å²) in [6, 6.07) is 14.5. The Morgan fingerprint density at radius 1 is 1.15 bits per heavy atom. The first kappa shape index (κ1) is 18.7. The Balaban J connectivity index is 1.78. The smallest absolute Gasteiger partial charge is 0.249 e. The Hall–Kier alpha value is -2.05. The molecule has 0 radical (unpaired) electrons. The van der Waals surface area contributed by atoms with Crippen molar-refractivity contribution < 1.29 is 13.9 Å². The molecule has 3 rings (SSSR count). The van der Waals surface area contributed by atoms with Crippen LogP contribution in [0.4, 0.5) is 4.39 Å². The first-order chi connectivity index (χ1) is 12.6. The fourth-order valence-corrected chi connectivity index (χ4v) is 3.19. The number of halogens is 3. The lowest BCUT2D eigenvalue weighted by Gasteiger charge is -2.10. The van der Waals surface area contributed by atoms with Crippen LogP contribution in [0.25, 0.3) is 11.3 Å². The summed E-state index contributed by atoms with van der Waals surface area (Å²) in [6.07, 6.45) is 0. The zero-order chi connectivity index (χ0) is 18.5. The Morgan fingerprint density at radius 3 is 2.62 bits per heavy atom. The Morgan fingerprint density at radius 2 is 1.92 bits per heavy atom. The molecule has 136 valence electrons. The zero-order valence-electron chi connectivity index (χ0n) is 14.1. The van der Waals surface area contributed by atoms with Gasteiger partial charge in [0.25, 0.3) is 0 Å². The fraction of sp³-hybridized carbons (Fsp3) is 0.211. The van der Waals surface area contributed by atoms with E-state index in [1.807, 2.05) is 36.4 Å². The molecule has 26 heavy (non-hydrogen) atoms. The summed E-state index contributed by atoms with van der Waals surface area (Å²) in [5.41, 5.74) is 0.956. The minimum absolute atomic E-state index is 0.108. The molecule has 0 bridgehead atoms. The van der Waals surface area contributed by atoms with Crippen LogP contribution in [0.1, 0.15) is 6.92 Å². The average molecular weight is 440 g/mol. The van der Waals surface area contributed by atoms with E-state index in [-0.39, 0.29) is 18.2 Å². The third-order valence-electron chi connectivity index (χ3n) is 3.63. The van der Waals surface area contributed by atoms with Gasteiger partial charge >= 0.3 is 0 Å². The van der Waals surface area contributed by atoms with Crippen molar-refractivity contribution in [3.63, 3.8) is 0 Å². The van der Waals surface area contributed by atoms with Crippen LogP contribution in [0.2, 0.25) is 5.02 Å². The van der Waals surface area contributed by atoms with Crippen molar-refractivity contribution in [2.24, 2.45) is 0 Å². The monoisotopic (exact) mass is 438 g/mol. The summed E-state index contributed by atoms with van der Waals surface area (Å²) < 4.78 is 28.2. The molecule has 1 heterocycles. The van der Waals surface area contributed by atoms with Crippen LogP contribution in [0.15, 0.2) is 53.0 Å². The number of benzene rings is 2. The lowest BCUT2D eigenvalue weighted by Crippen LogP contribution is -2.12. The second-order valence-corrected chi connectivity index (χ2v) is 6.74. The predicted molar refractivity (Wildman–Crippen MR) is 103 cm³/mol. The molecular formula is C19H17BrClFN2O2. The van der Waals surface area contributed by atoms with E-state index in [0.29, 0.717) is 29.5 Å². The Labute approximate surface area is 164 Å². The molecule has 0 saturated carbocycles. The van der Waals surface area contributed by atoms with E-state index in [1.54, 1.807) is 19.1 Å². The third kappa shape index (κ3) is 4.19. The van der Waals surface area contributed by atoms with Crippen molar-refractivity contribution in [1.82, 2.24) is 9.78 Å². The molecule has 0 saturated heterocycles. The minimum atomic E-state index is -0.472. The summed E-state index contributed by atoms with van der Waals surface area (Å²) in [5, 5.41) is 4.86. The van der Waals surface area contributed by atoms with Gasteiger partial charge in [0.05, 0.1) is 18.2 Å². The molecule has 2 aromatic carbocycles. The maximum atomic E-state index is 14.7. The zero-order valence-corrected chi connectivity index (χ0v) is 16.4. The summed E-state index contributed by atoms with van der Waals surface area (Å²) in [6.45, 7) is 2.75. The molecule has 0 aliphatic heterocycles. The van der Waals surface area contributed by atoms with Crippen LogP contribution in [0.3, 0.4) is 0 Å². The highest BCUT2D eigenvalue weighted by molar-refractivity contribution is 9.10. The summed E-state index contributed by atoms with van der Waals surface area (Å²) >= 11 is 9.49. The van der Waals surface area contributed by atoms with Crippen LogP contribution in [-0.2, 0) is 6.54 Å². The van der Waals surface area contributed by atoms with E-state index in [1.165, 1.54) is 4.68 Å². The largest absolute Gasteiger partial charge is 0.490 e. The lowest BCUT2D eigenvalue weighted by atomic mass is 10.1. The molecule has 0 amide bonds. The van der Waals surface area contributed by atoms with Gasteiger partial charge in [-0.3, -0.25) is 0 Å². The van der Waals surface area contributed by atoms with Gasteiger partial charge in [0, 0.05) is 10.0 Å². The van der Waals surface area contributed by atoms with E-state index in [0.717, 1.165) is 4.47 Å². The normalized spacial score (nSPS) is 10.8. The number of hydrogen-bond donors (Lipinski definition) is 0. The van der Waals surface area contributed by atoms with E-state index in [9.17, 15) is 4.39 Å². The first-order valence-corrected chi connectivity index (χ1v) is 9.29. The standard InChI is InChI=1S/C19H17BrClFN2O2/c1-2-25-19-17(22)18(13-6-4-3-5-7-13)23-24(19)10-11-26-16-9-8-14(20)12-15(16)21/h3-9,12H,2,10-11H2,1H3. The lowest BCUT2D eigenvalue weighted by molar-refractivity contribution is 0.253. The maximum absolute atomic E-state index is 14.7. The number of nitrogens with zero attached hydrogens (tertiary/aromatic N) is 2. The van der Waals surface area contributed by atoms with Crippen LogP contribution in [-0.4, -0.2) is 23.0 Å². The van der Waals surface area contributed by atoms with Crippen LogP contribution in [0, 0.1) is 5.82 Å². The highest BCUT2D eigenvalue weighted by Crippen LogP contribution is 2.30. The number of rotatable bonds is 7. The van der Waals surface area contributed by atoms with Crippen LogP contribution < -0.4 is 9.47 Å². The highest BCUT2D eigenvalue weighted by Gasteiger charge is 2.20. The van der Waals surface area contributed by atoms with E-state index in [2.05, 4.69) is 21.0 Å². The number of ether oxygens (including phenoxy) is 2. The molecule has 1 aromatic heterocycles. The SMILES string of the molecule is CCOc1c(F)c(-c2ccccc2)nn1CCOc1ccc(Br)cc1Cl. The quantitative estimate of drug-likeness (QED) is 0.482. The van der Waals surface area contributed by atoms with Gasteiger partial charge in [0.1, 0.15) is 18.1 Å². The molecule has 0 aliphatic carbocycles. The van der Waals surface area contributed by atoms with Gasteiger partial charge in [0.2, 0.25) is 11.7 Å². The van der Waals surface area contributed by atoms with Crippen molar-refractivity contribution in [3.8, 4) is 22.9 Å². The minimum Gasteiger partial charge on any atom is -0.490 e. The van der Waals surface area contributed by atoms with Crippen LogP contribution in [0.5, 0.6) is 11.6 Å². The van der Waals surface area contributed by atoms with E-state index >= 15 is 0 Å². The molecule has 0 atom stereocenters. The number of hydrogen-bond acceptors (Lipinski definition) is 3. The molecule has 0 unspecified atom stereocenters. The van der Waals surface area contributed by atoms with Gasteiger partial charge in [-0.2, -0.15) is 9.49 Å². The van der Waals surface area contributed by atoms with E-state index in [4.69, 9.17) is 21.1 Å². The van der Waals surface area contributed by atoms with Gasteiger partial charge < -0.3 is 9.47 Å². The van der Waals surface area contributed by atoms with Gasteiger partial charge in [0.15, 0.2) is 0 Å². The molecule has 0 aliphatic rings. The summed E-state index contributed by atoms with van der Waals surface area (Å²) in [7, 11) is 0. The second-order valence-electron chi connectivity index (χ2n) is 5.41. The van der Waals surface area contributed by atoms with Gasteiger partial charge in [-0.15, -0.1) is 0 Å². The molecule has 0 spiro atoms. The van der Waals surface area contributed by atoms with E-state index < -0.39 is 5.82 Å². The maximum Gasteiger partial charge on any atom is 0.249 e.